The Morgan fingerprint density at radius 1 is 1.05 bits per heavy atom. The third kappa shape index (κ3) is 4.12. The van der Waals surface area contributed by atoms with Crippen molar-refractivity contribution in [3.63, 3.8) is 0 Å². The number of anilines is 1. The van der Waals surface area contributed by atoms with Crippen molar-refractivity contribution < 1.29 is 14.3 Å². The van der Waals surface area contributed by atoms with Crippen molar-refractivity contribution >= 4 is 34.2 Å². The lowest BCUT2D eigenvalue weighted by Crippen LogP contribution is -2.28. The predicted molar refractivity (Wildman–Crippen MR) is 85.7 cm³/mol. The number of esters is 1. The Balaban J connectivity index is 1.94. The Morgan fingerprint density at radius 3 is 2.20 bits per heavy atom. The SMILES string of the molecule is CC(Oc1ccc(I)cc1)C(=O)Oc1ccc(N)cc1. The molecule has 0 heterocycles. The summed E-state index contributed by atoms with van der Waals surface area (Å²) in [6.45, 7) is 1.65. The molecular weight excluding hydrogens is 369 g/mol. The number of ether oxygens (including phenoxy) is 2. The first-order valence-corrected chi connectivity index (χ1v) is 7.12. The Kier molecular flexibility index (Phi) is 4.84. The van der Waals surface area contributed by atoms with E-state index in [9.17, 15) is 4.79 Å². The molecule has 5 heteroatoms. The van der Waals surface area contributed by atoms with Gasteiger partial charge in [0, 0.05) is 9.26 Å². The lowest BCUT2D eigenvalue weighted by Gasteiger charge is -2.13. The highest BCUT2D eigenvalue weighted by Gasteiger charge is 2.17. The maximum Gasteiger partial charge on any atom is 0.352 e. The van der Waals surface area contributed by atoms with Crippen LogP contribution in [0.15, 0.2) is 48.5 Å². The lowest BCUT2D eigenvalue weighted by atomic mass is 10.3. The largest absolute Gasteiger partial charge is 0.479 e. The van der Waals surface area contributed by atoms with Crippen molar-refractivity contribution in [2.24, 2.45) is 0 Å². The molecule has 1 unspecified atom stereocenters. The summed E-state index contributed by atoms with van der Waals surface area (Å²) in [4.78, 5) is 11.9. The van der Waals surface area contributed by atoms with Crippen LogP contribution >= 0.6 is 22.6 Å². The van der Waals surface area contributed by atoms with Gasteiger partial charge in [0.2, 0.25) is 0 Å². The van der Waals surface area contributed by atoms with Crippen molar-refractivity contribution in [1.29, 1.82) is 0 Å². The number of rotatable bonds is 4. The van der Waals surface area contributed by atoms with E-state index in [1.807, 2.05) is 24.3 Å². The molecule has 0 aliphatic heterocycles. The molecule has 0 spiro atoms. The van der Waals surface area contributed by atoms with Crippen LogP contribution in [0.5, 0.6) is 11.5 Å². The molecule has 0 amide bonds. The van der Waals surface area contributed by atoms with Crippen LogP contribution in [-0.2, 0) is 4.79 Å². The normalized spacial score (nSPS) is 11.7. The van der Waals surface area contributed by atoms with Gasteiger partial charge in [0.15, 0.2) is 6.10 Å². The second-order valence-electron chi connectivity index (χ2n) is 4.20. The summed E-state index contributed by atoms with van der Waals surface area (Å²) in [5, 5.41) is 0. The van der Waals surface area contributed by atoms with E-state index in [0.717, 1.165) is 3.57 Å². The van der Waals surface area contributed by atoms with Gasteiger partial charge >= 0.3 is 5.97 Å². The van der Waals surface area contributed by atoms with E-state index in [1.165, 1.54) is 0 Å². The van der Waals surface area contributed by atoms with E-state index in [-0.39, 0.29) is 0 Å². The van der Waals surface area contributed by atoms with Gasteiger partial charge in [-0.15, -0.1) is 0 Å². The van der Waals surface area contributed by atoms with Gasteiger partial charge in [-0.3, -0.25) is 0 Å². The number of nitrogen functional groups attached to an aromatic ring is 1. The first-order valence-electron chi connectivity index (χ1n) is 6.04. The van der Waals surface area contributed by atoms with E-state index in [2.05, 4.69) is 22.6 Å². The third-order valence-corrected chi connectivity index (χ3v) is 3.28. The molecule has 0 radical (unpaired) electrons. The second-order valence-corrected chi connectivity index (χ2v) is 5.45. The van der Waals surface area contributed by atoms with Gasteiger partial charge in [-0.05, 0) is 78.0 Å². The third-order valence-electron chi connectivity index (χ3n) is 2.56. The molecule has 0 aromatic heterocycles. The molecule has 4 nitrogen and oxygen atoms in total. The number of nitrogens with two attached hydrogens (primary N) is 1. The highest BCUT2D eigenvalue weighted by atomic mass is 127. The van der Waals surface area contributed by atoms with Crippen LogP contribution in [0.4, 0.5) is 5.69 Å². The fourth-order valence-electron chi connectivity index (χ4n) is 1.50. The van der Waals surface area contributed by atoms with Gasteiger partial charge in [-0.1, -0.05) is 0 Å². The minimum Gasteiger partial charge on any atom is -0.479 e. The molecule has 2 aromatic rings. The predicted octanol–water partition coefficient (Wildman–Crippen LogP) is 3.25. The first kappa shape index (κ1) is 14.6. The molecule has 0 bridgehead atoms. The maximum absolute atomic E-state index is 11.9. The molecule has 2 N–H and O–H groups in total. The van der Waals surface area contributed by atoms with Gasteiger partial charge in [-0.2, -0.15) is 0 Å². The van der Waals surface area contributed by atoms with Crippen LogP contribution in [0, 0.1) is 3.57 Å². The number of carbonyl (C=O) groups is 1. The van der Waals surface area contributed by atoms with Crippen LogP contribution < -0.4 is 15.2 Å². The summed E-state index contributed by atoms with van der Waals surface area (Å²) in [7, 11) is 0. The number of hydrogen-bond donors (Lipinski definition) is 1. The zero-order valence-corrected chi connectivity index (χ0v) is 13.0. The average Bonchev–Trinajstić information content (AvgIpc) is 2.44. The monoisotopic (exact) mass is 383 g/mol. The van der Waals surface area contributed by atoms with Gasteiger partial charge < -0.3 is 15.2 Å². The number of benzene rings is 2. The van der Waals surface area contributed by atoms with Gasteiger partial charge in [0.1, 0.15) is 11.5 Å². The molecule has 2 aromatic carbocycles. The quantitative estimate of drug-likeness (QED) is 0.381. The minimum atomic E-state index is -0.687. The average molecular weight is 383 g/mol. The molecular formula is C15H14INO3. The smallest absolute Gasteiger partial charge is 0.352 e. The second kappa shape index (κ2) is 6.60. The summed E-state index contributed by atoms with van der Waals surface area (Å²) < 4.78 is 11.8. The summed E-state index contributed by atoms with van der Waals surface area (Å²) in [5.41, 5.74) is 6.18. The Bertz CT molecular complexity index is 581. The van der Waals surface area contributed by atoms with Crippen molar-refractivity contribution in [2.75, 3.05) is 5.73 Å². The Hall–Kier alpha value is -1.76. The fraction of sp³-hybridized carbons (Fsp3) is 0.133. The molecule has 20 heavy (non-hydrogen) atoms. The van der Waals surface area contributed by atoms with Crippen LogP contribution in [0.3, 0.4) is 0 Å². The molecule has 2 rings (SSSR count). The van der Waals surface area contributed by atoms with Gasteiger partial charge in [0.05, 0.1) is 0 Å². The number of hydrogen-bond acceptors (Lipinski definition) is 4. The highest BCUT2D eigenvalue weighted by Crippen LogP contribution is 2.17. The topological polar surface area (TPSA) is 61.5 Å². The number of carbonyl (C=O) groups excluding carboxylic acids is 1. The summed E-state index contributed by atoms with van der Waals surface area (Å²) >= 11 is 2.20. The van der Waals surface area contributed by atoms with E-state index in [1.54, 1.807) is 31.2 Å². The molecule has 0 saturated heterocycles. The lowest BCUT2D eigenvalue weighted by molar-refractivity contribution is -0.141. The Morgan fingerprint density at radius 2 is 1.60 bits per heavy atom. The Labute approximate surface area is 131 Å². The van der Waals surface area contributed by atoms with Crippen molar-refractivity contribution in [3.05, 3.63) is 52.1 Å². The van der Waals surface area contributed by atoms with Crippen LogP contribution in [0.2, 0.25) is 0 Å². The molecule has 0 aliphatic carbocycles. The van der Waals surface area contributed by atoms with E-state index in [4.69, 9.17) is 15.2 Å². The summed E-state index contributed by atoms with van der Waals surface area (Å²) in [6, 6.07) is 14.1. The van der Waals surface area contributed by atoms with Crippen LogP contribution in [0.1, 0.15) is 6.92 Å². The van der Waals surface area contributed by atoms with Crippen molar-refractivity contribution in [3.8, 4) is 11.5 Å². The number of halogens is 1. The zero-order valence-electron chi connectivity index (χ0n) is 10.9. The van der Waals surface area contributed by atoms with E-state index >= 15 is 0 Å². The zero-order chi connectivity index (χ0) is 14.5. The van der Waals surface area contributed by atoms with Gasteiger partial charge in [-0.25, -0.2) is 4.79 Å². The molecule has 0 aliphatic rings. The molecule has 104 valence electrons. The standard InChI is InChI=1S/C15H14INO3/c1-10(19-13-6-2-11(16)3-7-13)15(18)20-14-8-4-12(17)5-9-14/h2-10H,17H2,1H3. The first-order chi connectivity index (χ1) is 9.54. The molecule has 0 saturated carbocycles. The van der Waals surface area contributed by atoms with Gasteiger partial charge in [0.25, 0.3) is 0 Å². The highest BCUT2D eigenvalue weighted by molar-refractivity contribution is 14.1. The fourth-order valence-corrected chi connectivity index (χ4v) is 1.86. The van der Waals surface area contributed by atoms with E-state index < -0.39 is 12.1 Å². The summed E-state index contributed by atoms with van der Waals surface area (Å²) in [6.07, 6.45) is -0.687. The van der Waals surface area contributed by atoms with Crippen LogP contribution in [0.25, 0.3) is 0 Å². The molecule has 0 fully saturated rings. The van der Waals surface area contributed by atoms with Crippen molar-refractivity contribution in [2.45, 2.75) is 13.0 Å². The maximum atomic E-state index is 11.9. The van der Waals surface area contributed by atoms with Crippen LogP contribution in [-0.4, -0.2) is 12.1 Å². The van der Waals surface area contributed by atoms with Crippen molar-refractivity contribution in [1.82, 2.24) is 0 Å². The minimum absolute atomic E-state index is 0.447. The molecule has 1 atom stereocenters. The summed E-state index contributed by atoms with van der Waals surface area (Å²) in [5.74, 6) is 0.628. The van der Waals surface area contributed by atoms with E-state index in [0.29, 0.717) is 17.2 Å².